The van der Waals surface area contributed by atoms with E-state index >= 15 is 0 Å². The Bertz CT molecular complexity index is 558. The second-order valence-corrected chi connectivity index (χ2v) is 4.18. The van der Waals surface area contributed by atoms with Gasteiger partial charge in [0.05, 0.1) is 11.4 Å². The monoisotopic (exact) mass is 257 g/mol. The second-order valence-electron chi connectivity index (χ2n) is 4.18. The topological polar surface area (TPSA) is 75.1 Å². The van der Waals surface area contributed by atoms with Gasteiger partial charge in [-0.3, -0.25) is 4.98 Å². The van der Waals surface area contributed by atoms with Gasteiger partial charge >= 0.3 is 5.97 Å². The van der Waals surface area contributed by atoms with Gasteiger partial charge in [-0.25, -0.2) is 9.78 Å². The molecule has 0 bridgehead atoms. The highest BCUT2D eigenvalue weighted by atomic mass is 16.4. The summed E-state index contributed by atoms with van der Waals surface area (Å²) >= 11 is 0. The van der Waals surface area contributed by atoms with Crippen LogP contribution in [0.15, 0.2) is 42.6 Å². The summed E-state index contributed by atoms with van der Waals surface area (Å²) in [6, 6.07) is 10.8. The summed E-state index contributed by atoms with van der Waals surface area (Å²) in [6.07, 6.45) is 1.75. The molecular formula is C14H15N3O2. The van der Waals surface area contributed by atoms with Crippen LogP contribution < -0.4 is 5.32 Å². The normalized spacial score (nSPS) is 12.1. The SMILES string of the molecule is C[C@H](NCc1cccc(C(=O)O)n1)c1ccccn1. The lowest BCUT2D eigenvalue weighted by atomic mass is 10.2. The lowest BCUT2D eigenvalue weighted by molar-refractivity contribution is 0.0690. The molecule has 2 aromatic rings. The first kappa shape index (κ1) is 13.2. The lowest BCUT2D eigenvalue weighted by Crippen LogP contribution is -2.20. The van der Waals surface area contributed by atoms with Gasteiger partial charge in [0.25, 0.3) is 0 Å². The van der Waals surface area contributed by atoms with E-state index < -0.39 is 5.97 Å². The highest BCUT2D eigenvalue weighted by Gasteiger charge is 2.08. The second kappa shape index (κ2) is 6.06. The fraction of sp³-hybridized carbons (Fsp3) is 0.214. The Hall–Kier alpha value is -2.27. The Morgan fingerprint density at radius 2 is 2.16 bits per heavy atom. The van der Waals surface area contributed by atoms with E-state index in [2.05, 4.69) is 15.3 Å². The number of nitrogens with one attached hydrogen (secondary N) is 1. The molecule has 5 nitrogen and oxygen atoms in total. The van der Waals surface area contributed by atoms with Crippen molar-refractivity contribution in [3.63, 3.8) is 0 Å². The van der Waals surface area contributed by atoms with Gasteiger partial charge in [0.15, 0.2) is 0 Å². The van der Waals surface area contributed by atoms with Crippen molar-refractivity contribution >= 4 is 5.97 Å². The van der Waals surface area contributed by atoms with E-state index in [1.54, 1.807) is 18.3 Å². The van der Waals surface area contributed by atoms with Gasteiger partial charge in [0.2, 0.25) is 0 Å². The van der Waals surface area contributed by atoms with Crippen LogP contribution in [0.5, 0.6) is 0 Å². The molecule has 2 N–H and O–H groups in total. The molecule has 0 aliphatic carbocycles. The Morgan fingerprint density at radius 3 is 2.84 bits per heavy atom. The van der Waals surface area contributed by atoms with Gasteiger partial charge in [0.1, 0.15) is 5.69 Å². The molecule has 98 valence electrons. The van der Waals surface area contributed by atoms with Crippen molar-refractivity contribution in [3.8, 4) is 0 Å². The highest BCUT2D eigenvalue weighted by molar-refractivity contribution is 5.85. The number of aromatic nitrogens is 2. The van der Waals surface area contributed by atoms with Crippen molar-refractivity contribution < 1.29 is 9.90 Å². The molecule has 2 heterocycles. The molecule has 2 rings (SSSR count). The third-order valence-electron chi connectivity index (χ3n) is 2.75. The van der Waals surface area contributed by atoms with Crippen molar-refractivity contribution in [2.45, 2.75) is 19.5 Å². The minimum absolute atomic E-state index is 0.0600. The molecule has 0 saturated carbocycles. The lowest BCUT2D eigenvalue weighted by Gasteiger charge is -2.12. The summed E-state index contributed by atoms with van der Waals surface area (Å²) in [5.74, 6) is -1.01. The van der Waals surface area contributed by atoms with E-state index in [4.69, 9.17) is 5.11 Å². The van der Waals surface area contributed by atoms with Gasteiger partial charge in [-0.1, -0.05) is 12.1 Å². The minimum atomic E-state index is -1.01. The summed E-state index contributed by atoms with van der Waals surface area (Å²) in [4.78, 5) is 19.1. The van der Waals surface area contributed by atoms with E-state index in [0.717, 1.165) is 5.69 Å². The fourth-order valence-corrected chi connectivity index (χ4v) is 1.69. The van der Waals surface area contributed by atoms with E-state index in [9.17, 15) is 4.79 Å². The van der Waals surface area contributed by atoms with Crippen LogP contribution in [0.4, 0.5) is 0 Å². The van der Waals surface area contributed by atoms with Crippen LogP contribution in [-0.2, 0) is 6.54 Å². The molecule has 1 atom stereocenters. The van der Waals surface area contributed by atoms with Crippen molar-refractivity contribution in [3.05, 3.63) is 59.7 Å². The first-order chi connectivity index (χ1) is 9.16. The molecule has 0 aliphatic rings. The first-order valence-corrected chi connectivity index (χ1v) is 6.00. The number of carboxylic acids is 1. The molecule has 0 aromatic carbocycles. The maximum Gasteiger partial charge on any atom is 0.354 e. The standard InChI is InChI=1S/C14H15N3O2/c1-10(12-6-2-3-8-15-12)16-9-11-5-4-7-13(17-11)14(18)19/h2-8,10,16H,9H2,1H3,(H,18,19)/t10-/m0/s1. The van der Waals surface area contributed by atoms with Crippen LogP contribution in [0.3, 0.4) is 0 Å². The molecule has 0 amide bonds. The van der Waals surface area contributed by atoms with Gasteiger partial charge in [-0.15, -0.1) is 0 Å². The molecule has 0 unspecified atom stereocenters. The molecule has 0 radical (unpaired) electrons. The Kier molecular flexibility index (Phi) is 4.20. The molecule has 0 fully saturated rings. The number of hydrogen-bond acceptors (Lipinski definition) is 4. The number of carboxylic acid groups (broad SMARTS) is 1. The molecule has 19 heavy (non-hydrogen) atoms. The summed E-state index contributed by atoms with van der Waals surface area (Å²) in [5, 5.41) is 12.1. The number of carbonyl (C=O) groups is 1. The highest BCUT2D eigenvalue weighted by Crippen LogP contribution is 2.09. The zero-order valence-corrected chi connectivity index (χ0v) is 10.6. The Morgan fingerprint density at radius 1 is 1.32 bits per heavy atom. The van der Waals surface area contributed by atoms with Gasteiger partial charge < -0.3 is 10.4 Å². The smallest absolute Gasteiger partial charge is 0.354 e. The van der Waals surface area contributed by atoms with Crippen molar-refractivity contribution in [2.75, 3.05) is 0 Å². The van der Waals surface area contributed by atoms with E-state index in [1.807, 2.05) is 25.1 Å². The molecule has 0 aliphatic heterocycles. The van der Waals surface area contributed by atoms with Crippen LogP contribution in [0.25, 0.3) is 0 Å². The van der Waals surface area contributed by atoms with Crippen LogP contribution in [0.2, 0.25) is 0 Å². The third-order valence-corrected chi connectivity index (χ3v) is 2.75. The minimum Gasteiger partial charge on any atom is -0.477 e. The maximum absolute atomic E-state index is 10.8. The van der Waals surface area contributed by atoms with E-state index in [-0.39, 0.29) is 11.7 Å². The number of nitrogens with zero attached hydrogens (tertiary/aromatic N) is 2. The third kappa shape index (κ3) is 3.59. The Labute approximate surface area is 111 Å². The molecule has 0 spiro atoms. The maximum atomic E-state index is 10.8. The van der Waals surface area contributed by atoms with Gasteiger partial charge in [-0.05, 0) is 31.2 Å². The number of rotatable bonds is 5. The summed E-state index contributed by atoms with van der Waals surface area (Å²) in [6.45, 7) is 2.50. The predicted octanol–water partition coefficient (Wildman–Crippen LogP) is 2.03. The van der Waals surface area contributed by atoms with Crippen molar-refractivity contribution in [2.24, 2.45) is 0 Å². The van der Waals surface area contributed by atoms with Crippen molar-refractivity contribution in [1.29, 1.82) is 0 Å². The predicted molar refractivity (Wildman–Crippen MR) is 70.7 cm³/mol. The van der Waals surface area contributed by atoms with E-state index in [0.29, 0.717) is 12.2 Å². The van der Waals surface area contributed by atoms with Crippen molar-refractivity contribution in [1.82, 2.24) is 15.3 Å². The molecule has 2 aromatic heterocycles. The zero-order chi connectivity index (χ0) is 13.7. The average molecular weight is 257 g/mol. The zero-order valence-electron chi connectivity index (χ0n) is 10.6. The first-order valence-electron chi connectivity index (χ1n) is 6.00. The van der Waals surface area contributed by atoms with Gasteiger partial charge in [0, 0.05) is 18.8 Å². The van der Waals surface area contributed by atoms with Crippen LogP contribution in [-0.4, -0.2) is 21.0 Å². The summed E-state index contributed by atoms with van der Waals surface area (Å²) in [5.41, 5.74) is 1.70. The molecular weight excluding hydrogens is 242 g/mol. The number of hydrogen-bond donors (Lipinski definition) is 2. The summed E-state index contributed by atoms with van der Waals surface area (Å²) < 4.78 is 0. The van der Waals surface area contributed by atoms with Crippen LogP contribution in [0.1, 0.15) is 34.8 Å². The quantitative estimate of drug-likeness (QED) is 0.857. The average Bonchev–Trinajstić information content (AvgIpc) is 2.46. The van der Waals surface area contributed by atoms with E-state index in [1.165, 1.54) is 6.07 Å². The van der Waals surface area contributed by atoms with Gasteiger partial charge in [-0.2, -0.15) is 0 Å². The largest absolute Gasteiger partial charge is 0.477 e. The van der Waals surface area contributed by atoms with Crippen LogP contribution >= 0.6 is 0 Å². The number of pyridine rings is 2. The molecule has 5 heteroatoms. The van der Waals surface area contributed by atoms with Crippen LogP contribution in [0, 0.1) is 0 Å². The fourth-order valence-electron chi connectivity index (χ4n) is 1.69. The molecule has 0 saturated heterocycles. The summed E-state index contributed by atoms with van der Waals surface area (Å²) in [7, 11) is 0. The number of aromatic carboxylic acids is 1. The Balaban J connectivity index is 1.99.